The van der Waals surface area contributed by atoms with Gasteiger partial charge in [-0.1, -0.05) is 6.92 Å². The van der Waals surface area contributed by atoms with Gasteiger partial charge in [-0.3, -0.25) is 9.35 Å². The van der Waals surface area contributed by atoms with Gasteiger partial charge >= 0.3 is 10.4 Å². The molecule has 4 aliphatic carbocycles. The largest absolute Gasteiger partial charge is 0.397 e. The van der Waals surface area contributed by atoms with E-state index >= 15 is 0 Å². The van der Waals surface area contributed by atoms with Crippen LogP contribution in [0.15, 0.2) is 0 Å². The Labute approximate surface area is 144 Å². The second kappa shape index (κ2) is 5.78. The standard InChI is InChI=1S/C18H28O5S/c1-18-9-8-14-13-5-3-12(23-24(20,21)22)10-11(13)2-4-15(14)16(18)6-7-17(18)19/h11-16H,2-10H2,1H3,(H,20,21,22)/t11-,12+,13-,14+,15+,16-,18-/m0/s1. The molecule has 4 aliphatic rings. The van der Waals surface area contributed by atoms with Crippen LogP contribution in [-0.2, 0) is 19.4 Å². The lowest BCUT2D eigenvalue weighted by atomic mass is 9.50. The minimum absolute atomic E-state index is 0.0702. The van der Waals surface area contributed by atoms with Crippen LogP contribution in [0.5, 0.6) is 0 Å². The van der Waals surface area contributed by atoms with E-state index in [1.807, 2.05) is 0 Å². The van der Waals surface area contributed by atoms with Crippen LogP contribution in [0.25, 0.3) is 0 Å². The average molecular weight is 356 g/mol. The molecule has 136 valence electrons. The Balaban J connectivity index is 1.48. The van der Waals surface area contributed by atoms with Gasteiger partial charge in [0.1, 0.15) is 5.78 Å². The summed E-state index contributed by atoms with van der Waals surface area (Å²) < 4.78 is 35.7. The van der Waals surface area contributed by atoms with Crippen molar-refractivity contribution in [3.8, 4) is 0 Å². The van der Waals surface area contributed by atoms with E-state index in [1.165, 1.54) is 0 Å². The zero-order valence-corrected chi connectivity index (χ0v) is 15.1. The van der Waals surface area contributed by atoms with Crippen LogP contribution < -0.4 is 0 Å². The van der Waals surface area contributed by atoms with Gasteiger partial charge in [-0.05, 0) is 81.0 Å². The Morgan fingerprint density at radius 3 is 2.54 bits per heavy atom. The predicted octanol–water partition coefficient (Wildman–Crippen LogP) is 3.40. The lowest BCUT2D eigenvalue weighted by Gasteiger charge is -2.54. The smallest absolute Gasteiger partial charge is 0.299 e. The van der Waals surface area contributed by atoms with Gasteiger partial charge in [-0.15, -0.1) is 0 Å². The Bertz CT molecular complexity index is 629. The summed E-state index contributed by atoms with van der Waals surface area (Å²) in [5.74, 6) is 3.57. The molecule has 0 aromatic rings. The molecule has 0 spiro atoms. The summed E-state index contributed by atoms with van der Waals surface area (Å²) in [5, 5.41) is 0. The third-order valence-electron chi connectivity index (χ3n) is 7.87. The first-order chi connectivity index (χ1) is 11.3. The number of hydrogen-bond donors (Lipinski definition) is 1. The fraction of sp³-hybridized carbons (Fsp3) is 0.944. The third kappa shape index (κ3) is 2.74. The van der Waals surface area contributed by atoms with Crippen molar-refractivity contribution >= 4 is 16.2 Å². The molecule has 0 aliphatic heterocycles. The molecule has 0 heterocycles. The number of carbonyl (C=O) groups excluding carboxylic acids is 1. The van der Waals surface area contributed by atoms with Crippen LogP contribution in [0.1, 0.15) is 64.7 Å². The Morgan fingerprint density at radius 2 is 1.79 bits per heavy atom. The molecular formula is C18H28O5S. The van der Waals surface area contributed by atoms with E-state index in [1.54, 1.807) is 0 Å². The van der Waals surface area contributed by atoms with E-state index < -0.39 is 10.4 Å². The number of carbonyl (C=O) groups is 1. The van der Waals surface area contributed by atoms with Crippen LogP contribution in [0, 0.1) is 35.0 Å². The lowest BCUT2D eigenvalue weighted by molar-refractivity contribution is -0.133. The van der Waals surface area contributed by atoms with Gasteiger partial charge in [0.2, 0.25) is 0 Å². The van der Waals surface area contributed by atoms with E-state index in [4.69, 9.17) is 8.74 Å². The van der Waals surface area contributed by atoms with Crippen molar-refractivity contribution in [2.45, 2.75) is 70.8 Å². The Hall–Kier alpha value is -0.460. The highest BCUT2D eigenvalue weighted by Crippen LogP contribution is 2.61. The fourth-order valence-corrected chi connectivity index (χ4v) is 7.36. The van der Waals surface area contributed by atoms with Gasteiger partial charge < -0.3 is 0 Å². The van der Waals surface area contributed by atoms with Crippen LogP contribution in [0.4, 0.5) is 0 Å². The van der Waals surface area contributed by atoms with E-state index in [0.29, 0.717) is 41.8 Å². The van der Waals surface area contributed by atoms with Crippen molar-refractivity contribution in [2.24, 2.45) is 35.0 Å². The highest BCUT2D eigenvalue weighted by atomic mass is 32.3. The summed E-state index contributed by atoms with van der Waals surface area (Å²) in [5.41, 5.74) is -0.0702. The number of rotatable bonds is 2. The van der Waals surface area contributed by atoms with Crippen molar-refractivity contribution in [2.75, 3.05) is 0 Å². The molecule has 5 nitrogen and oxygen atoms in total. The minimum atomic E-state index is -4.35. The molecule has 0 amide bonds. The second-order valence-corrected chi connectivity index (χ2v) is 9.86. The molecule has 0 radical (unpaired) electrons. The lowest BCUT2D eigenvalue weighted by Crippen LogP contribution is -2.49. The molecule has 7 atom stereocenters. The summed E-state index contributed by atoms with van der Waals surface area (Å²) in [6.07, 6.45) is 8.38. The van der Waals surface area contributed by atoms with Gasteiger partial charge in [-0.2, -0.15) is 8.42 Å². The SMILES string of the molecule is C[C@]12CC[C@H]3[C@@H](CC[C@H]4C[C@H](OS(=O)(=O)O)CC[C@@H]43)[C@@H]1CCC2=O. The molecule has 0 unspecified atom stereocenters. The molecule has 6 heteroatoms. The van der Waals surface area contributed by atoms with E-state index in [9.17, 15) is 13.2 Å². The molecule has 4 fully saturated rings. The van der Waals surface area contributed by atoms with Crippen LogP contribution >= 0.6 is 0 Å². The molecule has 0 saturated heterocycles. The molecular weight excluding hydrogens is 328 g/mol. The quantitative estimate of drug-likeness (QED) is 0.767. The van der Waals surface area contributed by atoms with Gasteiger partial charge in [0.25, 0.3) is 0 Å². The summed E-state index contributed by atoms with van der Waals surface area (Å²) in [4.78, 5) is 12.4. The number of Topliss-reactive ketones (excluding diaryl/α,β-unsaturated/α-hetero) is 1. The molecule has 0 aromatic carbocycles. The van der Waals surface area contributed by atoms with Gasteiger partial charge in [-0.25, -0.2) is 4.18 Å². The molecule has 0 aromatic heterocycles. The van der Waals surface area contributed by atoms with Crippen molar-refractivity contribution in [1.82, 2.24) is 0 Å². The van der Waals surface area contributed by atoms with E-state index in [0.717, 1.165) is 51.4 Å². The number of hydrogen-bond acceptors (Lipinski definition) is 4. The predicted molar refractivity (Wildman–Crippen MR) is 88.5 cm³/mol. The summed E-state index contributed by atoms with van der Waals surface area (Å²) in [7, 11) is -4.35. The maximum absolute atomic E-state index is 12.4. The summed E-state index contributed by atoms with van der Waals surface area (Å²) >= 11 is 0. The fourth-order valence-electron chi connectivity index (χ4n) is 6.84. The highest BCUT2D eigenvalue weighted by Gasteiger charge is 2.57. The number of ketones is 1. The average Bonchev–Trinajstić information content (AvgIpc) is 2.81. The minimum Gasteiger partial charge on any atom is -0.299 e. The van der Waals surface area contributed by atoms with Crippen molar-refractivity contribution < 1.29 is 21.9 Å². The normalized spacial score (nSPS) is 48.5. The molecule has 4 rings (SSSR count). The monoisotopic (exact) mass is 356 g/mol. The highest BCUT2D eigenvalue weighted by molar-refractivity contribution is 7.80. The molecule has 4 saturated carbocycles. The Morgan fingerprint density at radius 1 is 1.04 bits per heavy atom. The Kier molecular flexibility index (Phi) is 4.09. The first kappa shape index (κ1) is 17.0. The number of fused-ring (bicyclic) bond motifs is 5. The third-order valence-corrected chi connectivity index (χ3v) is 8.39. The zero-order valence-electron chi connectivity index (χ0n) is 14.3. The molecule has 0 bridgehead atoms. The van der Waals surface area contributed by atoms with Crippen LogP contribution in [0.2, 0.25) is 0 Å². The van der Waals surface area contributed by atoms with Crippen molar-refractivity contribution in [3.05, 3.63) is 0 Å². The summed E-state index contributed by atoms with van der Waals surface area (Å²) in [6, 6.07) is 0. The van der Waals surface area contributed by atoms with Crippen LogP contribution in [0.3, 0.4) is 0 Å². The van der Waals surface area contributed by atoms with E-state index in [2.05, 4.69) is 6.92 Å². The topological polar surface area (TPSA) is 80.7 Å². The first-order valence-electron chi connectivity index (χ1n) is 9.47. The molecule has 1 N–H and O–H groups in total. The van der Waals surface area contributed by atoms with E-state index in [-0.39, 0.29) is 11.5 Å². The van der Waals surface area contributed by atoms with Crippen LogP contribution in [-0.4, -0.2) is 24.9 Å². The van der Waals surface area contributed by atoms with Gasteiger partial charge in [0, 0.05) is 11.8 Å². The van der Waals surface area contributed by atoms with Gasteiger partial charge in [0.05, 0.1) is 6.10 Å². The summed E-state index contributed by atoms with van der Waals surface area (Å²) in [6.45, 7) is 2.20. The maximum atomic E-state index is 12.4. The maximum Gasteiger partial charge on any atom is 0.397 e. The molecule has 24 heavy (non-hydrogen) atoms. The second-order valence-electron chi connectivity index (χ2n) is 8.81. The first-order valence-corrected chi connectivity index (χ1v) is 10.8. The van der Waals surface area contributed by atoms with Crippen molar-refractivity contribution in [1.29, 1.82) is 0 Å². The zero-order chi connectivity index (χ0) is 17.1. The van der Waals surface area contributed by atoms with Crippen molar-refractivity contribution in [3.63, 3.8) is 0 Å². The van der Waals surface area contributed by atoms with Gasteiger partial charge in [0.15, 0.2) is 0 Å².